The van der Waals surface area contributed by atoms with Gasteiger partial charge in [-0.1, -0.05) is 60.1 Å². The van der Waals surface area contributed by atoms with E-state index in [1.165, 1.54) is 6.08 Å². The smallest absolute Gasteiger partial charge is 0.244 e. The molecule has 0 aliphatic heterocycles. The van der Waals surface area contributed by atoms with Gasteiger partial charge in [0.15, 0.2) is 5.82 Å². The van der Waals surface area contributed by atoms with Crippen molar-refractivity contribution in [3.05, 3.63) is 89.2 Å². The Bertz CT molecular complexity index is 893. The lowest BCUT2D eigenvalue weighted by Gasteiger charge is -2.04. The molecule has 130 valence electrons. The van der Waals surface area contributed by atoms with Crippen LogP contribution in [0, 0.1) is 0 Å². The van der Waals surface area contributed by atoms with Gasteiger partial charge in [0.25, 0.3) is 0 Å². The maximum Gasteiger partial charge on any atom is 0.244 e. The van der Waals surface area contributed by atoms with Gasteiger partial charge in [-0.25, -0.2) is 9.97 Å². The molecule has 0 saturated carbocycles. The Kier molecular flexibility index (Phi) is 6.12. The zero-order valence-corrected chi connectivity index (χ0v) is 14.9. The highest BCUT2D eigenvalue weighted by Crippen LogP contribution is 2.16. The van der Waals surface area contributed by atoms with Crippen LogP contribution in [0.5, 0.6) is 0 Å². The number of nitrogens with zero attached hydrogens (tertiary/aromatic N) is 2. The zero-order chi connectivity index (χ0) is 18.2. The Morgan fingerprint density at radius 3 is 2.42 bits per heavy atom. The number of nitrogens with one attached hydrogen (secondary N) is 1. The summed E-state index contributed by atoms with van der Waals surface area (Å²) in [5.74, 6) is 0.535. The summed E-state index contributed by atoms with van der Waals surface area (Å²) in [7, 11) is 0. The average Bonchev–Trinajstić information content (AvgIpc) is 2.69. The van der Waals surface area contributed by atoms with Crippen LogP contribution in [0.3, 0.4) is 0 Å². The van der Waals surface area contributed by atoms with Crippen LogP contribution in [0.4, 0.5) is 0 Å². The fourth-order valence-electron chi connectivity index (χ4n) is 2.38. The molecule has 26 heavy (non-hydrogen) atoms. The molecular formula is C21H18ClN3O. The number of carbonyl (C=O) groups excluding carboxylic acids is 1. The van der Waals surface area contributed by atoms with E-state index in [2.05, 4.69) is 15.3 Å². The highest BCUT2D eigenvalue weighted by Gasteiger charge is 2.02. The summed E-state index contributed by atoms with van der Waals surface area (Å²) in [6.45, 7) is 0.514. The van der Waals surface area contributed by atoms with Gasteiger partial charge < -0.3 is 5.32 Å². The number of halogens is 1. The second kappa shape index (κ2) is 8.92. The van der Waals surface area contributed by atoms with E-state index in [1.54, 1.807) is 24.5 Å². The summed E-state index contributed by atoms with van der Waals surface area (Å²) >= 11 is 6.05. The van der Waals surface area contributed by atoms with Crippen molar-refractivity contribution in [1.82, 2.24) is 15.3 Å². The van der Waals surface area contributed by atoms with Crippen LogP contribution in [0.15, 0.2) is 73.1 Å². The molecule has 0 spiro atoms. The van der Waals surface area contributed by atoms with Gasteiger partial charge in [0, 0.05) is 35.6 Å². The van der Waals surface area contributed by atoms with E-state index in [0.29, 0.717) is 23.8 Å². The third-order valence-electron chi connectivity index (χ3n) is 3.77. The summed E-state index contributed by atoms with van der Waals surface area (Å²) in [5, 5.41) is 3.46. The molecule has 5 heteroatoms. The number of carbonyl (C=O) groups is 1. The van der Waals surface area contributed by atoms with Crippen LogP contribution in [0.2, 0.25) is 5.02 Å². The fourth-order valence-corrected chi connectivity index (χ4v) is 2.58. The summed E-state index contributed by atoms with van der Waals surface area (Å²) in [5.41, 5.74) is 2.77. The molecule has 0 fully saturated rings. The van der Waals surface area contributed by atoms with Gasteiger partial charge in [-0.3, -0.25) is 4.79 Å². The number of amides is 1. The molecule has 3 rings (SSSR count). The molecule has 4 nitrogen and oxygen atoms in total. The number of benzene rings is 2. The Morgan fingerprint density at radius 1 is 1.00 bits per heavy atom. The van der Waals surface area contributed by atoms with E-state index >= 15 is 0 Å². The van der Waals surface area contributed by atoms with E-state index in [0.717, 1.165) is 16.7 Å². The number of rotatable bonds is 6. The molecule has 0 radical (unpaired) electrons. The van der Waals surface area contributed by atoms with Crippen molar-refractivity contribution >= 4 is 23.6 Å². The second-order valence-electron chi connectivity index (χ2n) is 5.68. The summed E-state index contributed by atoms with van der Waals surface area (Å²) in [4.78, 5) is 20.6. The van der Waals surface area contributed by atoms with Crippen LogP contribution in [0.1, 0.15) is 11.1 Å². The second-order valence-corrected chi connectivity index (χ2v) is 6.08. The zero-order valence-electron chi connectivity index (χ0n) is 14.1. The topological polar surface area (TPSA) is 54.9 Å². The lowest BCUT2D eigenvalue weighted by Crippen LogP contribution is -2.23. The summed E-state index contributed by atoms with van der Waals surface area (Å²) in [6.07, 6.45) is 7.44. The van der Waals surface area contributed by atoms with Gasteiger partial charge in [0.2, 0.25) is 5.91 Å². The summed E-state index contributed by atoms with van der Waals surface area (Å²) < 4.78 is 0. The molecular weight excluding hydrogens is 346 g/mol. The predicted molar refractivity (Wildman–Crippen MR) is 105 cm³/mol. The minimum absolute atomic E-state index is 0.160. The predicted octanol–water partition coefficient (Wildman–Crippen LogP) is 4.17. The molecule has 1 aromatic heterocycles. The molecule has 0 bridgehead atoms. The highest BCUT2D eigenvalue weighted by atomic mass is 35.5. The van der Waals surface area contributed by atoms with Crippen LogP contribution < -0.4 is 5.32 Å². The van der Waals surface area contributed by atoms with Crippen LogP contribution in [0.25, 0.3) is 17.5 Å². The van der Waals surface area contributed by atoms with E-state index in [9.17, 15) is 4.79 Å². The van der Waals surface area contributed by atoms with E-state index in [4.69, 9.17) is 11.6 Å². The van der Waals surface area contributed by atoms with Crippen molar-refractivity contribution < 1.29 is 4.79 Å². The van der Waals surface area contributed by atoms with E-state index < -0.39 is 0 Å². The first-order valence-electron chi connectivity index (χ1n) is 8.29. The van der Waals surface area contributed by atoms with Crippen molar-refractivity contribution in [2.24, 2.45) is 0 Å². The lowest BCUT2D eigenvalue weighted by molar-refractivity contribution is -0.116. The van der Waals surface area contributed by atoms with Crippen molar-refractivity contribution in [1.29, 1.82) is 0 Å². The minimum Gasteiger partial charge on any atom is -0.352 e. The summed E-state index contributed by atoms with van der Waals surface area (Å²) in [6, 6.07) is 17.2. The Labute approximate surface area is 157 Å². The molecule has 0 atom stereocenters. The minimum atomic E-state index is -0.160. The van der Waals surface area contributed by atoms with Crippen LogP contribution in [-0.4, -0.2) is 22.4 Å². The quantitative estimate of drug-likeness (QED) is 0.669. The van der Waals surface area contributed by atoms with Gasteiger partial charge >= 0.3 is 0 Å². The molecule has 0 saturated heterocycles. The van der Waals surface area contributed by atoms with E-state index in [1.807, 2.05) is 48.5 Å². The maximum atomic E-state index is 11.9. The highest BCUT2D eigenvalue weighted by molar-refractivity contribution is 6.32. The van der Waals surface area contributed by atoms with Crippen LogP contribution >= 0.6 is 11.6 Å². The Balaban J connectivity index is 1.49. The van der Waals surface area contributed by atoms with Gasteiger partial charge in [0.05, 0.1) is 0 Å². The average molecular weight is 364 g/mol. The van der Waals surface area contributed by atoms with Crippen molar-refractivity contribution in [2.45, 2.75) is 6.42 Å². The maximum absolute atomic E-state index is 11.9. The van der Waals surface area contributed by atoms with E-state index in [-0.39, 0.29) is 5.91 Å². The van der Waals surface area contributed by atoms with Crippen molar-refractivity contribution in [3.8, 4) is 11.4 Å². The first kappa shape index (κ1) is 17.8. The van der Waals surface area contributed by atoms with Gasteiger partial charge in [-0.15, -0.1) is 0 Å². The lowest BCUT2D eigenvalue weighted by atomic mass is 10.2. The Morgan fingerprint density at radius 2 is 1.69 bits per heavy atom. The molecule has 1 N–H and O–H groups in total. The number of hydrogen-bond acceptors (Lipinski definition) is 3. The van der Waals surface area contributed by atoms with Crippen LogP contribution in [-0.2, 0) is 11.2 Å². The third-order valence-corrected chi connectivity index (χ3v) is 4.11. The molecule has 0 aliphatic rings. The standard InChI is InChI=1S/C21H18ClN3O/c22-19-9-5-4-6-17(19)10-11-20(26)23-13-12-16-14-24-21(25-15-16)18-7-2-1-3-8-18/h1-11,14-15H,12-13H2,(H,23,26). The number of aromatic nitrogens is 2. The van der Waals surface area contributed by atoms with Crippen molar-refractivity contribution in [3.63, 3.8) is 0 Å². The van der Waals surface area contributed by atoms with Gasteiger partial charge in [-0.05, 0) is 29.7 Å². The molecule has 0 aliphatic carbocycles. The van der Waals surface area contributed by atoms with Gasteiger partial charge in [0.1, 0.15) is 0 Å². The molecule has 3 aromatic rings. The normalized spacial score (nSPS) is 10.8. The fraction of sp³-hybridized carbons (Fsp3) is 0.0952. The third kappa shape index (κ3) is 5.01. The molecule has 1 amide bonds. The SMILES string of the molecule is O=C(C=Cc1ccccc1Cl)NCCc1cnc(-c2ccccc2)nc1. The monoisotopic (exact) mass is 363 g/mol. The molecule has 2 aromatic carbocycles. The number of hydrogen-bond donors (Lipinski definition) is 1. The molecule has 1 heterocycles. The van der Waals surface area contributed by atoms with Crippen molar-refractivity contribution in [2.75, 3.05) is 6.54 Å². The first-order chi connectivity index (χ1) is 12.7. The molecule has 0 unspecified atom stereocenters. The van der Waals surface area contributed by atoms with Gasteiger partial charge in [-0.2, -0.15) is 0 Å². The first-order valence-corrected chi connectivity index (χ1v) is 8.67. The Hall–Kier alpha value is -2.98. The largest absolute Gasteiger partial charge is 0.352 e.